The Balaban J connectivity index is 4.63. The van der Waals surface area contributed by atoms with Crippen LogP contribution >= 0.6 is 0 Å². The van der Waals surface area contributed by atoms with Crippen LogP contribution in [0.15, 0.2) is 17.3 Å². The molecule has 6 nitrogen and oxygen atoms in total. The Labute approximate surface area is 306 Å². The first-order valence-electron chi connectivity index (χ1n) is 21.2. The van der Waals surface area contributed by atoms with Crippen molar-refractivity contribution in [3.05, 3.63) is 22.6 Å². The molecule has 0 aliphatic rings. The number of azide groups is 1. The lowest BCUT2D eigenvalue weighted by molar-refractivity contribution is -0.122. The number of allylic oxidation sites excluding steroid dienone is 1. The van der Waals surface area contributed by atoms with Crippen LogP contribution < -0.4 is 5.32 Å². The molecule has 49 heavy (non-hydrogen) atoms. The Kier molecular flexibility index (Phi) is 31.7. The van der Waals surface area contributed by atoms with Crippen LogP contribution in [0.2, 0.25) is 18.1 Å². The van der Waals surface area contributed by atoms with Crippen molar-refractivity contribution in [3.8, 4) is 0 Å². The van der Waals surface area contributed by atoms with Gasteiger partial charge in [0.15, 0.2) is 8.32 Å². The summed E-state index contributed by atoms with van der Waals surface area (Å²) in [5, 5.41) is 7.15. The Morgan fingerprint density at radius 2 is 1.08 bits per heavy atom. The number of hydrogen-bond donors (Lipinski definition) is 1. The number of carbonyl (C=O) groups excluding carboxylic acids is 1. The number of hydrogen-bond acceptors (Lipinski definition) is 3. The molecule has 0 aromatic rings. The fraction of sp³-hybridized carbons (Fsp3) is 0.929. The zero-order valence-electron chi connectivity index (χ0n) is 34.0. The topological polar surface area (TPSA) is 87.1 Å². The first kappa shape index (κ1) is 47.7. The van der Waals surface area contributed by atoms with Crippen LogP contribution in [-0.4, -0.2) is 32.9 Å². The van der Waals surface area contributed by atoms with Crippen LogP contribution in [0.4, 0.5) is 0 Å². The van der Waals surface area contributed by atoms with E-state index in [1.54, 1.807) is 0 Å². The standard InChI is InChI=1S/C42H84N4O2Si/c1-8-10-12-14-16-18-20-22-23-25-27-29-31-33-35-37-41(47)45-39(38-44-46-43)40(48-49(6,7)42(3,4)5)36-34-32-30-28-26-24-21-19-17-15-13-11-9-2/h34,36,39-40H,8-33,35,37-38H2,1-7H3,(H,45,47)/b36-34+/t39-,40+/m0/s1. The highest BCUT2D eigenvalue weighted by molar-refractivity contribution is 6.74. The lowest BCUT2D eigenvalue weighted by Crippen LogP contribution is -2.52. The van der Waals surface area contributed by atoms with Crippen molar-refractivity contribution in [2.24, 2.45) is 5.11 Å². The lowest BCUT2D eigenvalue weighted by Gasteiger charge is -2.40. The zero-order valence-corrected chi connectivity index (χ0v) is 35.0. The van der Waals surface area contributed by atoms with Gasteiger partial charge in [0.2, 0.25) is 5.91 Å². The maximum absolute atomic E-state index is 13.1. The third kappa shape index (κ3) is 29.0. The van der Waals surface area contributed by atoms with Gasteiger partial charge in [-0.05, 0) is 42.9 Å². The second-order valence-corrected chi connectivity index (χ2v) is 21.1. The zero-order chi connectivity index (χ0) is 36.5. The molecule has 0 radical (unpaired) electrons. The van der Waals surface area contributed by atoms with Crippen LogP contribution in [0.1, 0.15) is 214 Å². The minimum absolute atomic E-state index is 0.0374. The number of nitrogens with zero attached hydrogens (tertiary/aromatic N) is 3. The van der Waals surface area contributed by atoms with Crippen LogP contribution in [0, 0.1) is 0 Å². The second-order valence-electron chi connectivity index (χ2n) is 16.4. The molecule has 0 saturated carbocycles. The summed E-state index contributed by atoms with van der Waals surface area (Å²) in [5.41, 5.74) is 9.14. The van der Waals surface area contributed by atoms with Gasteiger partial charge in [-0.15, -0.1) is 0 Å². The van der Waals surface area contributed by atoms with Gasteiger partial charge >= 0.3 is 0 Å². The average Bonchev–Trinajstić information content (AvgIpc) is 3.05. The summed E-state index contributed by atoms with van der Waals surface area (Å²) in [7, 11) is -2.13. The summed E-state index contributed by atoms with van der Waals surface area (Å²) >= 11 is 0. The normalized spacial score (nSPS) is 13.4. The number of nitrogens with one attached hydrogen (secondary N) is 1. The van der Waals surface area contributed by atoms with Gasteiger partial charge in [-0.25, -0.2) is 0 Å². The van der Waals surface area contributed by atoms with Gasteiger partial charge in [0.1, 0.15) is 0 Å². The molecule has 0 heterocycles. The van der Waals surface area contributed by atoms with Crippen LogP contribution in [0.25, 0.3) is 10.4 Å². The molecule has 288 valence electrons. The largest absolute Gasteiger partial charge is 0.408 e. The molecular weight excluding hydrogens is 621 g/mol. The molecule has 0 aliphatic carbocycles. The van der Waals surface area contributed by atoms with Crippen molar-refractivity contribution in [1.29, 1.82) is 0 Å². The summed E-state index contributed by atoms with van der Waals surface area (Å²) in [6.45, 7) is 16.0. The molecule has 7 heteroatoms. The van der Waals surface area contributed by atoms with E-state index in [1.165, 1.54) is 154 Å². The number of carbonyl (C=O) groups is 1. The average molecular weight is 705 g/mol. The van der Waals surface area contributed by atoms with E-state index in [1.807, 2.05) is 0 Å². The molecule has 0 aliphatic heterocycles. The SMILES string of the molecule is CCCCCCCCCCCCC/C=C/[C@@H](O[Si](C)(C)C(C)(C)C)[C@H](CN=[N+]=[N-])NC(=O)CCCCCCCCCCCCCCCCC. The third-order valence-electron chi connectivity index (χ3n) is 10.6. The highest BCUT2D eigenvalue weighted by Gasteiger charge is 2.40. The van der Waals surface area contributed by atoms with Crippen molar-refractivity contribution in [2.45, 2.75) is 245 Å². The van der Waals surface area contributed by atoms with Crippen molar-refractivity contribution in [3.63, 3.8) is 0 Å². The van der Waals surface area contributed by atoms with E-state index in [9.17, 15) is 4.79 Å². The smallest absolute Gasteiger partial charge is 0.220 e. The van der Waals surface area contributed by atoms with Crippen molar-refractivity contribution in [1.82, 2.24) is 5.32 Å². The molecular formula is C42H84N4O2Si. The van der Waals surface area contributed by atoms with Gasteiger partial charge in [-0.3, -0.25) is 4.79 Å². The Bertz CT molecular complexity index is 835. The quantitative estimate of drug-likeness (QED) is 0.0178. The number of rotatable bonds is 35. The van der Waals surface area contributed by atoms with E-state index < -0.39 is 8.32 Å². The van der Waals surface area contributed by atoms with E-state index in [4.69, 9.17) is 9.96 Å². The summed E-state index contributed by atoms with van der Waals surface area (Å²) in [5.74, 6) is 0.0374. The van der Waals surface area contributed by atoms with E-state index in [0.29, 0.717) is 6.42 Å². The predicted molar refractivity (Wildman–Crippen MR) is 218 cm³/mol. The number of unbranched alkanes of at least 4 members (excludes halogenated alkanes) is 25. The first-order chi connectivity index (χ1) is 23.6. The summed E-state index contributed by atoms with van der Waals surface area (Å²) in [6, 6.07) is -0.359. The fourth-order valence-corrected chi connectivity index (χ4v) is 7.50. The van der Waals surface area contributed by atoms with Crippen molar-refractivity contribution >= 4 is 14.2 Å². The highest BCUT2D eigenvalue weighted by Crippen LogP contribution is 2.38. The van der Waals surface area contributed by atoms with Crippen LogP contribution in [0.3, 0.4) is 0 Å². The van der Waals surface area contributed by atoms with Gasteiger partial charge in [0, 0.05) is 17.9 Å². The van der Waals surface area contributed by atoms with E-state index in [0.717, 1.165) is 19.3 Å². The third-order valence-corrected chi connectivity index (χ3v) is 15.1. The Morgan fingerprint density at radius 3 is 1.47 bits per heavy atom. The molecule has 0 rings (SSSR count). The van der Waals surface area contributed by atoms with Gasteiger partial charge in [0.05, 0.1) is 12.1 Å². The molecule has 0 unspecified atom stereocenters. The van der Waals surface area contributed by atoms with Crippen molar-refractivity contribution < 1.29 is 9.22 Å². The number of amides is 1. The molecule has 0 saturated heterocycles. The van der Waals surface area contributed by atoms with E-state index in [-0.39, 0.29) is 29.6 Å². The lowest BCUT2D eigenvalue weighted by atomic mass is 10.0. The van der Waals surface area contributed by atoms with Gasteiger partial charge < -0.3 is 9.74 Å². The maximum Gasteiger partial charge on any atom is 0.220 e. The molecule has 0 fully saturated rings. The molecule has 0 aromatic heterocycles. The van der Waals surface area contributed by atoms with E-state index in [2.05, 4.69) is 75.2 Å². The monoisotopic (exact) mass is 705 g/mol. The molecule has 1 amide bonds. The minimum Gasteiger partial charge on any atom is -0.408 e. The molecule has 0 bridgehead atoms. The fourth-order valence-electron chi connectivity index (χ4n) is 6.22. The Hall–Kier alpha value is -1.30. The molecule has 0 spiro atoms. The van der Waals surface area contributed by atoms with Gasteiger partial charge in [-0.1, -0.05) is 206 Å². The summed E-state index contributed by atoms with van der Waals surface area (Å²) in [6.07, 6.45) is 40.0. The first-order valence-corrected chi connectivity index (χ1v) is 24.1. The Morgan fingerprint density at radius 1 is 0.694 bits per heavy atom. The molecule has 0 aromatic carbocycles. The maximum atomic E-state index is 13.1. The highest BCUT2D eigenvalue weighted by atomic mass is 28.4. The second kappa shape index (κ2) is 32.6. The minimum atomic E-state index is -2.13. The molecule has 2 atom stereocenters. The molecule has 1 N–H and O–H groups in total. The predicted octanol–water partition coefficient (Wildman–Crippen LogP) is 14.7. The van der Waals surface area contributed by atoms with Crippen LogP contribution in [-0.2, 0) is 9.22 Å². The van der Waals surface area contributed by atoms with Crippen LogP contribution in [0.5, 0.6) is 0 Å². The van der Waals surface area contributed by atoms with E-state index >= 15 is 0 Å². The summed E-state index contributed by atoms with van der Waals surface area (Å²) in [4.78, 5) is 16.1. The van der Waals surface area contributed by atoms with Crippen molar-refractivity contribution in [2.75, 3.05) is 6.54 Å². The van der Waals surface area contributed by atoms with Gasteiger partial charge in [0.25, 0.3) is 0 Å². The summed E-state index contributed by atoms with van der Waals surface area (Å²) < 4.78 is 6.85. The van der Waals surface area contributed by atoms with Gasteiger partial charge in [-0.2, -0.15) is 0 Å².